The molecule has 124 valence electrons. The summed E-state index contributed by atoms with van der Waals surface area (Å²) in [5.74, 6) is -0.233. The fourth-order valence-electron chi connectivity index (χ4n) is 1.90. The number of nitrogens with one attached hydrogen (secondary N) is 2. The van der Waals surface area contributed by atoms with Gasteiger partial charge in [-0.3, -0.25) is 4.79 Å². The summed E-state index contributed by atoms with van der Waals surface area (Å²) in [6.07, 6.45) is 1.65. The largest absolute Gasteiger partial charge is 0.320 e. The highest BCUT2D eigenvalue weighted by atomic mass is 35.5. The maximum Gasteiger partial charge on any atom is 0.265 e. The van der Waals surface area contributed by atoms with E-state index in [1.807, 2.05) is 19.1 Å². The molecule has 0 unspecified atom stereocenters. The van der Waals surface area contributed by atoms with Gasteiger partial charge in [0.2, 0.25) is 10.0 Å². The van der Waals surface area contributed by atoms with Gasteiger partial charge in [-0.2, -0.15) is 0 Å². The molecule has 0 radical (unpaired) electrons. The number of hydrogen-bond acceptors (Lipinski definition) is 4. The summed E-state index contributed by atoms with van der Waals surface area (Å²) in [6.45, 7) is 2.23. The number of carbonyl (C=O) groups excluding carboxylic acids is 1. The molecule has 8 heteroatoms. The van der Waals surface area contributed by atoms with Crippen LogP contribution in [0.15, 0.2) is 30.3 Å². The van der Waals surface area contributed by atoms with E-state index < -0.39 is 10.0 Å². The van der Waals surface area contributed by atoms with Gasteiger partial charge in [0.15, 0.2) is 0 Å². The molecule has 2 rings (SSSR count). The molecule has 0 saturated heterocycles. The summed E-state index contributed by atoms with van der Waals surface area (Å²) in [6, 6.07) is 8.96. The predicted molar refractivity (Wildman–Crippen MR) is 95.0 cm³/mol. The van der Waals surface area contributed by atoms with Crippen LogP contribution < -0.4 is 10.0 Å². The second-order valence-corrected chi connectivity index (χ2v) is 8.53. The number of carbonyl (C=O) groups is 1. The molecule has 1 aromatic carbocycles. The first-order chi connectivity index (χ1) is 10.7. The van der Waals surface area contributed by atoms with E-state index in [1.165, 1.54) is 11.3 Å². The first-order valence-electron chi connectivity index (χ1n) is 6.85. The number of thiophene rings is 1. The Morgan fingerprint density at radius 3 is 2.65 bits per heavy atom. The van der Waals surface area contributed by atoms with Gasteiger partial charge in [0.25, 0.3) is 5.91 Å². The van der Waals surface area contributed by atoms with Gasteiger partial charge in [-0.25, -0.2) is 13.1 Å². The average molecular weight is 373 g/mol. The molecule has 1 heterocycles. The molecular weight excluding hydrogens is 356 g/mol. The molecule has 0 spiro atoms. The Labute approximate surface area is 144 Å². The predicted octanol–water partition coefficient (Wildman–Crippen LogP) is 3.05. The molecule has 0 saturated carbocycles. The molecular formula is C15H17ClN2O3S2. The van der Waals surface area contributed by atoms with Gasteiger partial charge in [0.05, 0.1) is 21.8 Å². The average Bonchev–Trinajstić information content (AvgIpc) is 2.89. The maximum absolute atomic E-state index is 12.2. The summed E-state index contributed by atoms with van der Waals surface area (Å²) in [5, 5.41) is 3.27. The van der Waals surface area contributed by atoms with E-state index in [4.69, 9.17) is 11.6 Å². The molecule has 23 heavy (non-hydrogen) atoms. The molecule has 0 aliphatic heterocycles. The number of hydrogen-bond donors (Lipinski definition) is 2. The fraction of sp³-hybridized carbons (Fsp3) is 0.267. The van der Waals surface area contributed by atoms with Gasteiger partial charge in [-0.1, -0.05) is 17.7 Å². The van der Waals surface area contributed by atoms with E-state index in [0.29, 0.717) is 28.6 Å². The molecule has 0 bridgehead atoms. The molecule has 1 amide bonds. The topological polar surface area (TPSA) is 75.3 Å². The van der Waals surface area contributed by atoms with Crippen molar-refractivity contribution in [2.75, 3.05) is 18.1 Å². The van der Waals surface area contributed by atoms with Gasteiger partial charge in [-0.05, 0) is 43.2 Å². The van der Waals surface area contributed by atoms with E-state index in [1.54, 1.807) is 18.2 Å². The number of benzene rings is 1. The second kappa shape index (κ2) is 7.44. The van der Waals surface area contributed by atoms with Crippen LogP contribution in [-0.2, 0) is 16.4 Å². The van der Waals surface area contributed by atoms with Crippen LogP contribution in [0.3, 0.4) is 0 Å². The van der Waals surface area contributed by atoms with Gasteiger partial charge < -0.3 is 5.32 Å². The Bertz CT molecular complexity index is 816. The number of anilines is 1. The van der Waals surface area contributed by atoms with Crippen molar-refractivity contribution in [3.05, 3.63) is 50.7 Å². The van der Waals surface area contributed by atoms with Crippen LogP contribution in [0.5, 0.6) is 0 Å². The van der Waals surface area contributed by atoms with Crippen molar-refractivity contribution in [3.63, 3.8) is 0 Å². The highest BCUT2D eigenvalue weighted by molar-refractivity contribution is 7.88. The second-order valence-electron chi connectivity index (χ2n) is 5.12. The standard InChI is InChI=1S/C15H17ClN2O3S2/c1-10-3-5-13(12(16)9-10)18-15(19)14-6-4-11(22-14)7-8-17-23(2,20)21/h3-6,9,17H,7-8H2,1-2H3,(H,18,19). The fourth-order valence-corrected chi connectivity index (χ4v) is 3.56. The molecule has 0 atom stereocenters. The van der Waals surface area contributed by atoms with Crippen molar-refractivity contribution in [3.8, 4) is 0 Å². The Hall–Kier alpha value is -1.41. The monoisotopic (exact) mass is 372 g/mol. The molecule has 0 fully saturated rings. The summed E-state index contributed by atoms with van der Waals surface area (Å²) >= 11 is 7.43. The van der Waals surface area contributed by atoms with Crippen LogP contribution in [0, 0.1) is 6.92 Å². The van der Waals surface area contributed by atoms with Crippen LogP contribution in [0.1, 0.15) is 20.1 Å². The van der Waals surface area contributed by atoms with Crippen LogP contribution in [0.2, 0.25) is 5.02 Å². The van der Waals surface area contributed by atoms with E-state index in [2.05, 4.69) is 10.0 Å². The third-order valence-electron chi connectivity index (χ3n) is 2.99. The van der Waals surface area contributed by atoms with E-state index >= 15 is 0 Å². The number of halogens is 1. The van der Waals surface area contributed by atoms with Crippen molar-refractivity contribution >= 4 is 44.6 Å². The number of sulfonamides is 1. The Balaban J connectivity index is 1.98. The van der Waals surface area contributed by atoms with Crippen molar-refractivity contribution in [1.29, 1.82) is 0 Å². The third-order valence-corrected chi connectivity index (χ3v) is 5.18. The Morgan fingerprint density at radius 2 is 2.00 bits per heavy atom. The lowest BCUT2D eigenvalue weighted by molar-refractivity contribution is 0.103. The molecule has 2 aromatic rings. The van der Waals surface area contributed by atoms with Crippen molar-refractivity contribution < 1.29 is 13.2 Å². The normalized spacial score (nSPS) is 11.4. The van der Waals surface area contributed by atoms with Crippen LogP contribution >= 0.6 is 22.9 Å². The molecule has 2 N–H and O–H groups in total. The van der Waals surface area contributed by atoms with Crippen molar-refractivity contribution in [1.82, 2.24) is 4.72 Å². The lowest BCUT2D eigenvalue weighted by atomic mass is 10.2. The van der Waals surface area contributed by atoms with Gasteiger partial charge in [0.1, 0.15) is 0 Å². The minimum absolute atomic E-state index is 0.233. The molecule has 0 aliphatic carbocycles. The zero-order valence-corrected chi connectivity index (χ0v) is 15.1. The lowest BCUT2D eigenvalue weighted by Crippen LogP contribution is -2.24. The molecule has 1 aromatic heterocycles. The first kappa shape index (κ1) is 17.9. The smallest absolute Gasteiger partial charge is 0.265 e. The van der Waals surface area contributed by atoms with E-state index in [-0.39, 0.29) is 5.91 Å². The van der Waals surface area contributed by atoms with Crippen LogP contribution in [0.25, 0.3) is 0 Å². The summed E-state index contributed by atoms with van der Waals surface area (Å²) in [4.78, 5) is 13.7. The minimum Gasteiger partial charge on any atom is -0.320 e. The maximum atomic E-state index is 12.2. The highest BCUT2D eigenvalue weighted by Gasteiger charge is 2.11. The minimum atomic E-state index is -3.19. The zero-order chi connectivity index (χ0) is 17.0. The Kier molecular flexibility index (Phi) is 5.80. The summed E-state index contributed by atoms with van der Waals surface area (Å²) < 4.78 is 24.4. The van der Waals surface area contributed by atoms with Crippen LogP contribution in [0.4, 0.5) is 5.69 Å². The quantitative estimate of drug-likeness (QED) is 0.818. The highest BCUT2D eigenvalue weighted by Crippen LogP contribution is 2.24. The Morgan fingerprint density at radius 1 is 1.26 bits per heavy atom. The number of amides is 1. The van der Waals surface area contributed by atoms with Gasteiger partial charge >= 0.3 is 0 Å². The number of rotatable bonds is 6. The summed E-state index contributed by atoms with van der Waals surface area (Å²) in [5.41, 5.74) is 1.58. The lowest BCUT2D eigenvalue weighted by Gasteiger charge is -2.06. The SMILES string of the molecule is Cc1ccc(NC(=O)c2ccc(CCNS(C)(=O)=O)s2)c(Cl)c1. The van der Waals surface area contributed by atoms with Gasteiger partial charge in [-0.15, -0.1) is 11.3 Å². The molecule has 5 nitrogen and oxygen atoms in total. The van der Waals surface area contributed by atoms with Crippen molar-refractivity contribution in [2.45, 2.75) is 13.3 Å². The third kappa shape index (κ3) is 5.62. The number of aryl methyl sites for hydroxylation is 1. The van der Waals surface area contributed by atoms with E-state index in [9.17, 15) is 13.2 Å². The first-order valence-corrected chi connectivity index (χ1v) is 9.94. The molecule has 0 aliphatic rings. The van der Waals surface area contributed by atoms with Crippen molar-refractivity contribution in [2.24, 2.45) is 0 Å². The zero-order valence-electron chi connectivity index (χ0n) is 12.7. The van der Waals surface area contributed by atoms with E-state index in [0.717, 1.165) is 16.7 Å². The van der Waals surface area contributed by atoms with Gasteiger partial charge in [0, 0.05) is 11.4 Å². The summed E-state index contributed by atoms with van der Waals surface area (Å²) in [7, 11) is -3.19. The van der Waals surface area contributed by atoms with Crippen LogP contribution in [-0.4, -0.2) is 27.1 Å².